The maximum atomic E-state index is 13.1. The summed E-state index contributed by atoms with van der Waals surface area (Å²) in [6, 6.07) is 12.1. The van der Waals surface area contributed by atoms with E-state index in [1.54, 1.807) is 0 Å². The Balaban J connectivity index is 0.00000253. The van der Waals surface area contributed by atoms with E-state index in [-0.39, 0.29) is 35.0 Å². The first-order valence-electron chi connectivity index (χ1n) is 13.0. The highest BCUT2D eigenvalue weighted by Gasteiger charge is 2.30. The minimum Gasteiger partial charge on any atom is -0.304 e. The molecule has 0 saturated heterocycles. The Bertz CT molecular complexity index is 1320. The second-order valence-electron chi connectivity index (χ2n) is 9.36. The summed E-state index contributed by atoms with van der Waals surface area (Å²) < 4.78 is 0. The van der Waals surface area contributed by atoms with Crippen molar-refractivity contribution in [1.82, 2.24) is 9.80 Å². The van der Waals surface area contributed by atoms with E-state index in [0.717, 1.165) is 90.7 Å². The van der Waals surface area contributed by atoms with Crippen molar-refractivity contribution in [1.29, 1.82) is 0 Å². The molecule has 0 aromatic heterocycles. The van der Waals surface area contributed by atoms with Crippen molar-refractivity contribution in [3.05, 3.63) is 58.7 Å². The molecule has 1 aliphatic carbocycles. The molecule has 1 aliphatic rings. The molecule has 0 aliphatic heterocycles. The van der Waals surface area contributed by atoms with E-state index in [2.05, 4.69) is 74.9 Å². The summed E-state index contributed by atoms with van der Waals surface area (Å²) in [6.07, 6.45) is 1.62. The predicted molar refractivity (Wildman–Crippen MR) is 172 cm³/mol. The molecule has 0 radical (unpaired) electrons. The standard InChI is InChI=1S/C30H36N2O2S2.2ClH/c1-5-31(6-2)16-14-22-23(15-17-32(7-3)8-4)28(30(34)36)24-11-9-10-21-20-13-12-19(29(33)35)18-25(20)27(22)26(21)24;;/h9-13,18H,5-8,14-17H2,1-4H3,(H,33,35)(H,34,36);2*1H. The number of carbonyl (C=O) groups excluding carboxylic acids is 2. The number of benzene rings is 3. The van der Waals surface area contributed by atoms with E-state index in [1.165, 1.54) is 11.1 Å². The second-order valence-corrected chi connectivity index (χ2v) is 10.2. The first kappa shape index (κ1) is 32.7. The minimum atomic E-state index is -0.237. The number of fused-ring (bicyclic) bond motifs is 3. The minimum absolute atomic E-state index is 0. The van der Waals surface area contributed by atoms with E-state index in [0.29, 0.717) is 5.56 Å². The Morgan fingerprint density at radius 3 is 1.82 bits per heavy atom. The summed E-state index contributed by atoms with van der Waals surface area (Å²) in [5, 5.41) is 1.64. The van der Waals surface area contributed by atoms with Gasteiger partial charge in [0.25, 0.3) is 0 Å². The lowest BCUT2D eigenvalue weighted by molar-refractivity contribution is 0.108. The molecule has 0 atom stereocenters. The first-order chi connectivity index (χ1) is 17.4. The zero-order chi connectivity index (χ0) is 26.0. The zero-order valence-electron chi connectivity index (χ0n) is 22.5. The molecule has 0 spiro atoms. The molecule has 38 heavy (non-hydrogen) atoms. The molecule has 0 N–H and O–H groups in total. The predicted octanol–water partition coefficient (Wildman–Crippen LogP) is 7.24. The molecule has 0 heterocycles. The van der Waals surface area contributed by atoms with E-state index < -0.39 is 0 Å². The third kappa shape index (κ3) is 6.11. The van der Waals surface area contributed by atoms with Gasteiger partial charge in [-0.05, 0) is 95.3 Å². The normalized spacial score (nSPS) is 11.5. The number of hydrogen-bond acceptors (Lipinski definition) is 4. The van der Waals surface area contributed by atoms with Crippen LogP contribution in [0.4, 0.5) is 0 Å². The molecule has 0 saturated carbocycles. The highest BCUT2D eigenvalue weighted by molar-refractivity contribution is 7.97. The number of hydrogen-bond donors (Lipinski definition) is 2. The van der Waals surface area contributed by atoms with E-state index in [4.69, 9.17) is 0 Å². The van der Waals surface area contributed by atoms with Gasteiger partial charge in [-0.3, -0.25) is 9.59 Å². The Hall–Kier alpha value is -1.54. The summed E-state index contributed by atoms with van der Waals surface area (Å²) in [5.74, 6) is 0. The number of halogens is 2. The van der Waals surface area contributed by atoms with Crippen LogP contribution in [-0.4, -0.2) is 59.3 Å². The number of nitrogens with zero attached hydrogens (tertiary/aromatic N) is 2. The average molecular weight is 594 g/mol. The topological polar surface area (TPSA) is 40.6 Å². The maximum absolute atomic E-state index is 13.1. The van der Waals surface area contributed by atoms with Gasteiger partial charge >= 0.3 is 0 Å². The lowest BCUT2D eigenvalue weighted by atomic mass is 9.85. The SMILES string of the molecule is CCN(CC)CCc1c(CCN(CC)CC)c2c3c(cccc3c1C(=O)S)-c1ccc(C(=O)S)cc1-2.Cl.Cl. The summed E-state index contributed by atoms with van der Waals surface area (Å²) in [5.41, 5.74) is 8.11. The monoisotopic (exact) mass is 592 g/mol. The largest absolute Gasteiger partial charge is 0.304 e. The van der Waals surface area contributed by atoms with Crippen LogP contribution in [0.3, 0.4) is 0 Å². The van der Waals surface area contributed by atoms with Gasteiger partial charge in [-0.25, -0.2) is 0 Å². The molecular weight excluding hydrogens is 555 g/mol. The number of carbonyl (C=O) groups is 2. The van der Waals surface area contributed by atoms with Crippen LogP contribution in [0.2, 0.25) is 0 Å². The quantitative estimate of drug-likeness (QED) is 0.170. The molecule has 8 heteroatoms. The van der Waals surface area contributed by atoms with Gasteiger partial charge in [-0.1, -0.05) is 52.0 Å². The third-order valence-corrected chi connectivity index (χ3v) is 8.22. The number of likely N-dealkylation sites (N-methyl/N-ethyl adjacent to an activating group) is 2. The molecule has 0 amide bonds. The van der Waals surface area contributed by atoms with Crippen LogP contribution in [-0.2, 0) is 12.8 Å². The Morgan fingerprint density at radius 1 is 0.711 bits per heavy atom. The Morgan fingerprint density at radius 2 is 1.29 bits per heavy atom. The van der Waals surface area contributed by atoms with Crippen molar-refractivity contribution in [2.45, 2.75) is 40.5 Å². The molecular formula is C30H38Cl2N2O2S2. The molecule has 4 nitrogen and oxygen atoms in total. The molecule has 4 rings (SSSR count). The number of thiol groups is 2. The first-order valence-corrected chi connectivity index (χ1v) is 13.9. The fourth-order valence-electron chi connectivity index (χ4n) is 5.70. The fourth-order valence-corrected chi connectivity index (χ4v) is 6.10. The molecule has 3 aromatic carbocycles. The maximum Gasteiger partial charge on any atom is 0.217 e. The summed E-state index contributed by atoms with van der Waals surface area (Å²) in [4.78, 5) is 30.1. The molecule has 206 valence electrons. The van der Waals surface area contributed by atoms with Crippen LogP contribution in [0.5, 0.6) is 0 Å². The summed E-state index contributed by atoms with van der Waals surface area (Å²) in [6.45, 7) is 14.4. The highest BCUT2D eigenvalue weighted by Crippen LogP contribution is 2.51. The van der Waals surface area contributed by atoms with Gasteiger partial charge in [0.15, 0.2) is 0 Å². The second kappa shape index (κ2) is 14.2. The Labute approximate surface area is 250 Å². The highest BCUT2D eigenvalue weighted by atomic mass is 35.5. The Kier molecular flexibility index (Phi) is 12.2. The van der Waals surface area contributed by atoms with Crippen LogP contribution in [0.25, 0.3) is 33.0 Å². The van der Waals surface area contributed by atoms with Gasteiger partial charge in [-0.2, -0.15) is 0 Å². The fraction of sp³-hybridized carbons (Fsp3) is 0.400. The summed E-state index contributed by atoms with van der Waals surface area (Å²) >= 11 is 8.50. The van der Waals surface area contributed by atoms with Gasteiger partial charge in [-0.15, -0.1) is 50.1 Å². The van der Waals surface area contributed by atoms with Crippen molar-refractivity contribution in [3.63, 3.8) is 0 Å². The van der Waals surface area contributed by atoms with Crippen LogP contribution in [0.1, 0.15) is 59.5 Å². The molecule has 0 fully saturated rings. The van der Waals surface area contributed by atoms with E-state index in [9.17, 15) is 9.59 Å². The molecule has 0 unspecified atom stereocenters. The summed E-state index contributed by atoms with van der Waals surface area (Å²) in [7, 11) is 0. The molecule has 0 bridgehead atoms. The van der Waals surface area contributed by atoms with E-state index >= 15 is 0 Å². The third-order valence-electron chi connectivity index (χ3n) is 7.74. The lowest BCUT2D eigenvalue weighted by Crippen LogP contribution is -2.28. The van der Waals surface area contributed by atoms with Crippen molar-refractivity contribution in [2.24, 2.45) is 0 Å². The smallest absolute Gasteiger partial charge is 0.217 e. The van der Waals surface area contributed by atoms with Crippen molar-refractivity contribution < 1.29 is 9.59 Å². The number of rotatable bonds is 12. The average Bonchev–Trinajstić information content (AvgIpc) is 3.21. The van der Waals surface area contributed by atoms with E-state index in [1.807, 2.05) is 24.3 Å². The van der Waals surface area contributed by atoms with Gasteiger partial charge < -0.3 is 9.80 Å². The van der Waals surface area contributed by atoms with Gasteiger partial charge in [0.2, 0.25) is 10.2 Å². The van der Waals surface area contributed by atoms with Crippen molar-refractivity contribution in [3.8, 4) is 22.3 Å². The van der Waals surface area contributed by atoms with Gasteiger partial charge in [0.1, 0.15) is 0 Å². The van der Waals surface area contributed by atoms with Gasteiger partial charge in [0, 0.05) is 24.2 Å². The van der Waals surface area contributed by atoms with Crippen molar-refractivity contribution in [2.75, 3.05) is 39.3 Å². The zero-order valence-corrected chi connectivity index (χ0v) is 26.0. The molecule has 3 aromatic rings. The van der Waals surface area contributed by atoms with Crippen LogP contribution in [0, 0.1) is 0 Å². The van der Waals surface area contributed by atoms with Crippen molar-refractivity contribution >= 4 is 71.1 Å². The lowest BCUT2D eigenvalue weighted by Gasteiger charge is -2.25. The van der Waals surface area contributed by atoms with Crippen LogP contribution >= 0.6 is 50.1 Å². The van der Waals surface area contributed by atoms with Crippen LogP contribution in [0.15, 0.2) is 36.4 Å². The van der Waals surface area contributed by atoms with Crippen LogP contribution < -0.4 is 0 Å². The van der Waals surface area contributed by atoms with Gasteiger partial charge in [0.05, 0.1) is 0 Å².